The van der Waals surface area contributed by atoms with Crippen molar-refractivity contribution < 1.29 is 4.39 Å². The van der Waals surface area contributed by atoms with Crippen LogP contribution in [0.4, 0.5) is 10.1 Å². The van der Waals surface area contributed by atoms with Crippen LogP contribution in [-0.4, -0.2) is 33.6 Å². The van der Waals surface area contributed by atoms with E-state index in [1.807, 2.05) is 20.2 Å². The molecule has 0 amide bonds. The third-order valence-electron chi connectivity index (χ3n) is 4.06. The number of anilines is 1. The molecule has 0 bridgehead atoms. The van der Waals surface area contributed by atoms with Gasteiger partial charge >= 0.3 is 0 Å². The van der Waals surface area contributed by atoms with E-state index in [2.05, 4.69) is 44.8 Å². The number of aryl methyl sites for hydroxylation is 1. The average molecular weight is 342 g/mol. The van der Waals surface area contributed by atoms with Gasteiger partial charge in [-0.3, -0.25) is 4.99 Å². The Kier molecular flexibility index (Phi) is 6.81. The lowest BCUT2D eigenvalue weighted by Crippen LogP contribution is -2.37. The second-order valence-electron chi connectivity index (χ2n) is 6.25. The van der Waals surface area contributed by atoms with Crippen molar-refractivity contribution in [3.63, 3.8) is 0 Å². The van der Waals surface area contributed by atoms with Gasteiger partial charge < -0.3 is 15.5 Å². The Bertz CT molecular complexity index is 708. The third kappa shape index (κ3) is 5.78. The number of aliphatic imine (C=N–C) groups is 1. The predicted octanol–water partition coefficient (Wildman–Crippen LogP) is 3.11. The first-order valence-electron chi connectivity index (χ1n) is 8.45. The van der Waals surface area contributed by atoms with Crippen LogP contribution in [0.5, 0.6) is 0 Å². The van der Waals surface area contributed by atoms with E-state index in [1.54, 1.807) is 20.0 Å². The zero-order valence-electron chi connectivity index (χ0n) is 15.4. The highest BCUT2D eigenvalue weighted by molar-refractivity contribution is 5.79. The minimum atomic E-state index is -0.174. The van der Waals surface area contributed by atoms with Gasteiger partial charge in [0.05, 0.1) is 0 Å². The Morgan fingerprint density at radius 1 is 1.04 bits per heavy atom. The van der Waals surface area contributed by atoms with Crippen LogP contribution in [0.25, 0.3) is 0 Å². The maximum Gasteiger partial charge on any atom is 0.191 e. The van der Waals surface area contributed by atoms with Crippen molar-refractivity contribution in [2.24, 2.45) is 4.99 Å². The van der Waals surface area contributed by atoms with Gasteiger partial charge in [-0.1, -0.05) is 24.3 Å². The molecular weight excluding hydrogens is 315 g/mol. The molecular formula is C20H27FN4. The van der Waals surface area contributed by atoms with Gasteiger partial charge in [-0.25, -0.2) is 4.39 Å². The van der Waals surface area contributed by atoms with Crippen LogP contribution in [-0.2, 0) is 13.0 Å². The summed E-state index contributed by atoms with van der Waals surface area (Å²) >= 11 is 0. The molecule has 4 nitrogen and oxygen atoms in total. The first-order valence-corrected chi connectivity index (χ1v) is 8.45. The second kappa shape index (κ2) is 9.06. The van der Waals surface area contributed by atoms with Crippen molar-refractivity contribution in [2.45, 2.75) is 19.9 Å². The van der Waals surface area contributed by atoms with E-state index in [9.17, 15) is 4.39 Å². The summed E-state index contributed by atoms with van der Waals surface area (Å²) < 4.78 is 13.3. The maximum absolute atomic E-state index is 13.3. The number of guanidine groups is 1. The topological polar surface area (TPSA) is 39.7 Å². The molecule has 0 atom stereocenters. The SMILES string of the molecule is CN=C(NCCc1ccc(N(C)C)cc1)NCc1ccc(F)c(C)c1. The largest absolute Gasteiger partial charge is 0.378 e. The summed E-state index contributed by atoms with van der Waals surface area (Å²) in [7, 11) is 5.82. The van der Waals surface area contributed by atoms with Gasteiger partial charge in [0.1, 0.15) is 5.82 Å². The zero-order chi connectivity index (χ0) is 18.2. The number of nitrogens with one attached hydrogen (secondary N) is 2. The summed E-state index contributed by atoms with van der Waals surface area (Å²) in [6.07, 6.45) is 0.921. The molecule has 0 radical (unpaired) electrons. The van der Waals surface area contributed by atoms with Crippen molar-refractivity contribution in [1.29, 1.82) is 0 Å². The summed E-state index contributed by atoms with van der Waals surface area (Å²) in [4.78, 5) is 6.31. The van der Waals surface area contributed by atoms with Gasteiger partial charge in [-0.2, -0.15) is 0 Å². The monoisotopic (exact) mass is 342 g/mol. The highest BCUT2D eigenvalue weighted by Gasteiger charge is 2.02. The number of hydrogen-bond donors (Lipinski definition) is 2. The van der Waals surface area contributed by atoms with Crippen LogP contribution in [0.1, 0.15) is 16.7 Å². The average Bonchev–Trinajstić information content (AvgIpc) is 2.61. The summed E-state index contributed by atoms with van der Waals surface area (Å²) in [6, 6.07) is 13.7. The molecule has 0 spiro atoms. The molecule has 5 heteroatoms. The molecule has 0 aromatic heterocycles. The predicted molar refractivity (Wildman–Crippen MR) is 104 cm³/mol. The molecule has 0 aliphatic rings. The highest BCUT2D eigenvalue weighted by Crippen LogP contribution is 2.12. The van der Waals surface area contributed by atoms with Crippen LogP contribution in [0, 0.1) is 12.7 Å². The highest BCUT2D eigenvalue weighted by atomic mass is 19.1. The molecule has 0 aliphatic heterocycles. The molecule has 25 heavy (non-hydrogen) atoms. The molecule has 2 aromatic rings. The van der Waals surface area contributed by atoms with Crippen molar-refractivity contribution in [2.75, 3.05) is 32.6 Å². The summed E-state index contributed by atoms with van der Waals surface area (Å²) in [6.45, 7) is 3.18. The first kappa shape index (κ1) is 18.8. The first-order chi connectivity index (χ1) is 12.0. The Morgan fingerprint density at radius 2 is 1.72 bits per heavy atom. The molecule has 2 N–H and O–H groups in total. The quantitative estimate of drug-likeness (QED) is 0.626. The van der Waals surface area contributed by atoms with Gasteiger partial charge in [0, 0.05) is 39.9 Å². The van der Waals surface area contributed by atoms with Crippen molar-refractivity contribution in [1.82, 2.24) is 10.6 Å². The van der Waals surface area contributed by atoms with Crippen LogP contribution in [0.15, 0.2) is 47.5 Å². The van der Waals surface area contributed by atoms with E-state index in [-0.39, 0.29) is 5.82 Å². The zero-order valence-corrected chi connectivity index (χ0v) is 15.4. The Labute approximate surface area is 149 Å². The molecule has 0 unspecified atom stereocenters. The van der Waals surface area contributed by atoms with Crippen molar-refractivity contribution >= 4 is 11.6 Å². The van der Waals surface area contributed by atoms with Crippen LogP contribution >= 0.6 is 0 Å². The van der Waals surface area contributed by atoms with Crippen LogP contribution in [0.3, 0.4) is 0 Å². The normalized spacial score (nSPS) is 11.3. The van der Waals surface area contributed by atoms with E-state index in [0.29, 0.717) is 12.1 Å². The van der Waals surface area contributed by atoms with Gasteiger partial charge in [-0.05, 0) is 48.2 Å². The summed E-state index contributed by atoms with van der Waals surface area (Å²) in [5, 5.41) is 6.56. The minimum Gasteiger partial charge on any atom is -0.378 e. The van der Waals surface area contributed by atoms with E-state index in [1.165, 1.54) is 17.3 Å². The molecule has 2 rings (SSSR count). The van der Waals surface area contributed by atoms with E-state index in [0.717, 1.165) is 24.5 Å². The second-order valence-corrected chi connectivity index (χ2v) is 6.25. The van der Waals surface area contributed by atoms with Crippen LogP contribution in [0.2, 0.25) is 0 Å². The fraction of sp³-hybridized carbons (Fsp3) is 0.350. The molecule has 134 valence electrons. The molecule has 0 heterocycles. The van der Waals surface area contributed by atoms with Gasteiger partial charge in [0.15, 0.2) is 5.96 Å². The fourth-order valence-corrected chi connectivity index (χ4v) is 2.51. The fourth-order valence-electron chi connectivity index (χ4n) is 2.51. The number of hydrogen-bond acceptors (Lipinski definition) is 2. The molecule has 0 saturated carbocycles. The Morgan fingerprint density at radius 3 is 2.32 bits per heavy atom. The Balaban J connectivity index is 1.79. The van der Waals surface area contributed by atoms with E-state index < -0.39 is 0 Å². The van der Waals surface area contributed by atoms with Crippen molar-refractivity contribution in [3.8, 4) is 0 Å². The number of benzene rings is 2. The summed E-state index contributed by atoms with van der Waals surface area (Å²) in [5.74, 6) is 0.568. The van der Waals surface area contributed by atoms with E-state index >= 15 is 0 Å². The van der Waals surface area contributed by atoms with Gasteiger partial charge in [-0.15, -0.1) is 0 Å². The summed E-state index contributed by atoms with van der Waals surface area (Å²) in [5.41, 5.74) is 4.16. The number of halogens is 1. The van der Waals surface area contributed by atoms with E-state index in [4.69, 9.17) is 0 Å². The molecule has 0 aliphatic carbocycles. The number of rotatable bonds is 6. The lowest BCUT2D eigenvalue weighted by atomic mass is 10.1. The lowest BCUT2D eigenvalue weighted by Gasteiger charge is -2.14. The molecule has 0 fully saturated rings. The maximum atomic E-state index is 13.3. The molecule has 2 aromatic carbocycles. The van der Waals surface area contributed by atoms with Crippen LogP contribution < -0.4 is 15.5 Å². The van der Waals surface area contributed by atoms with Gasteiger partial charge in [0.25, 0.3) is 0 Å². The smallest absolute Gasteiger partial charge is 0.191 e. The minimum absolute atomic E-state index is 0.174. The van der Waals surface area contributed by atoms with Gasteiger partial charge in [0.2, 0.25) is 0 Å². The third-order valence-corrected chi connectivity index (χ3v) is 4.06. The number of nitrogens with zero attached hydrogens (tertiary/aromatic N) is 2. The molecule has 0 saturated heterocycles. The standard InChI is InChI=1S/C20H27FN4/c1-15-13-17(7-10-19(15)21)14-24-20(22-2)23-12-11-16-5-8-18(9-6-16)25(3)4/h5-10,13H,11-12,14H2,1-4H3,(H2,22,23,24). The van der Waals surface area contributed by atoms with Crippen molar-refractivity contribution in [3.05, 3.63) is 65.0 Å². The lowest BCUT2D eigenvalue weighted by molar-refractivity contribution is 0.617. The Hall–Kier alpha value is -2.56.